The molecule has 0 aliphatic carbocycles. The van der Waals surface area contributed by atoms with Crippen molar-refractivity contribution in [3.8, 4) is 0 Å². The maximum Gasteiger partial charge on any atom is 0.243 e. The number of carbonyl (C=O) groups is 1. The standard InChI is InChI=1S/C17H17BrN2O/c1-11(12-6-4-7-14(18)9-12)19-17(21)16-10-13-5-2-3-8-15(13)20-16/h2-9,11,16,20H,10H2,1H3,(H,19,21). The highest BCUT2D eigenvalue weighted by Crippen LogP contribution is 2.26. The van der Waals surface area contributed by atoms with E-state index in [9.17, 15) is 4.79 Å². The molecule has 2 unspecified atom stereocenters. The van der Waals surface area contributed by atoms with Gasteiger partial charge in [-0.2, -0.15) is 0 Å². The molecule has 3 nitrogen and oxygen atoms in total. The summed E-state index contributed by atoms with van der Waals surface area (Å²) in [5, 5.41) is 6.36. The number of hydrogen-bond acceptors (Lipinski definition) is 2. The molecule has 1 aliphatic heterocycles. The van der Waals surface area contributed by atoms with E-state index in [4.69, 9.17) is 0 Å². The molecule has 1 amide bonds. The molecule has 0 radical (unpaired) electrons. The van der Waals surface area contributed by atoms with Crippen LogP contribution < -0.4 is 10.6 Å². The second kappa shape index (κ2) is 5.90. The Morgan fingerprint density at radius 3 is 2.86 bits per heavy atom. The van der Waals surface area contributed by atoms with Crippen LogP contribution in [0.4, 0.5) is 5.69 Å². The SMILES string of the molecule is CC(NC(=O)C1Cc2ccccc2N1)c1cccc(Br)c1. The number of hydrogen-bond donors (Lipinski definition) is 2. The molecule has 3 rings (SSSR count). The fraction of sp³-hybridized carbons (Fsp3) is 0.235. The van der Waals surface area contributed by atoms with Crippen LogP contribution in [0.5, 0.6) is 0 Å². The minimum absolute atomic E-state index is 0.0134. The number of amides is 1. The smallest absolute Gasteiger partial charge is 0.243 e. The van der Waals surface area contributed by atoms with Crippen molar-refractivity contribution in [1.29, 1.82) is 0 Å². The van der Waals surface area contributed by atoms with Gasteiger partial charge in [-0.1, -0.05) is 46.3 Å². The van der Waals surface area contributed by atoms with Gasteiger partial charge in [-0.25, -0.2) is 0 Å². The zero-order valence-corrected chi connectivity index (χ0v) is 13.4. The van der Waals surface area contributed by atoms with Crippen molar-refractivity contribution in [2.24, 2.45) is 0 Å². The van der Waals surface area contributed by atoms with E-state index in [0.29, 0.717) is 0 Å². The van der Waals surface area contributed by atoms with Gasteiger partial charge in [-0.3, -0.25) is 4.79 Å². The highest BCUT2D eigenvalue weighted by molar-refractivity contribution is 9.10. The van der Waals surface area contributed by atoms with Gasteiger partial charge in [0.15, 0.2) is 0 Å². The van der Waals surface area contributed by atoms with Crippen LogP contribution in [0, 0.1) is 0 Å². The summed E-state index contributed by atoms with van der Waals surface area (Å²) < 4.78 is 1.02. The lowest BCUT2D eigenvalue weighted by atomic mass is 10.1. The minimum atomic E-state index is -0.183. The number of benzene rings is 2. The lowest BCUT2D eigenvalue weighted by Gasteiger charge is -2.18. The highest BCUT2D eigenvalue weighted by Gasteiger charge is 2.27. The molecule has 0 saturated carbocycles. The third-order valence-corrected chi connectivity index (χ3v) is 4.29. The molecule has 4 heteroatoms. The van der Waals surface area contributed by atoms with Gasteiger partial charge in [-0.05, 0) is 36.2 Å². The first-order chi connectivity index (χ1) is 10.1. The van der Waals surface area contributed by atoms with Gasteiger partial charge in [0.1, 0.15) is 6.04 Å². The molecule has 1 heterocycles. The van der Waals surface area contributed by atoms with Crippen molar-refractivity contribution in [2.75, 3.05) is 5.32 Å². The van der Waals surface area contributed by atoms with Crippen molar-refractivity contribution < 1.29 is 4.79 Å². The fourth-order valence-electron chi connectivity index (χ4n) is 2.63. The molecule has 0 fully saturated rings. The van der Waals surface area contributed by atoms with E-state index in [-0.39, 0.29) is 18.0 Å². The van der Waals surface area contributed by atoms with E-state index in [1.807, 2.05) is 49.4 Å². The number of halogens is 1. The molecular formula is C17H17BrN2O. The van der Waals surface area contributed by atoms with E-state index in [1.165, 1.54) is 5.56 Å². The Balaban J connectivity index is 1.65. The summed E-state index contributed by atoms with van der Waals surface area (Å²) in [6.45, 7) is 2.00. The third kappa shape index (κ3) is 3.10. The molecule has 2 atom stereocenters. The average Bonchev–Trinajstić information content (AvgIpc) is 2.91. The first-order valence-corrected chi connectivity index (χ1v) is 7.83. The summed E-state index contributed by atoms with van der Waals surface area (Å²) in [5.41, 5.74) is 3.36. The average molecular weight is 345 g/mol. The summed E-state index contributed by atoms with van der Waals surface area (Å²) in [6, 6.07) is 15.9. The Kier molecular flexibility index (Phi) is 3.97. The Labute approximate surface area is 132 Å². The molecule has 0 spiro atoms. The van der Waals surface area contributed by atoms with Gasteiger partial charge in [0.25, 0.3) is 0 Å². The molecule has 2 aromatic carbocycles. The predicted molar refractivity (Wildman–Crippen MR) is 88.3 cm³/mol. The van der Waals surface area contributed by atoms with Gasteiger partial charge in [0.2, 0.25) is 5.91 Å². The Morgan fingerprint density at radius 1 is 1.29 bits per heavy atom. The van der Waals surface area contributed by atoms with Gasteiger partial charge < -0.3 is 10.6 Å². The van der Waals surface area contributed by atoms with Crippen molar-refractivity contribution in [1.82, 2.24) is 5.32 Å². The maximum atomic E-state index is 12.4. The van der Waals surface area contributed by atoms with Crippen LogP contribution in [0.2, 0.25) is 0 Å². The summed E-state index contributed by atoms with van der Waals surface area (Å²) in [7, 11) is 0. The van der Waals surface area contributed by atoms with Crippen LogP contribution >= 0.6 is 15.9 Å². The fourth-order valence-corrected chi connectivity index (χ4v) is 3.05. The molecule has 0 aromatic heterocycles. The van der Waals surface area contributed by atoms with Crippen LogP contribution in [0.15, 0.2) is 53.0 Å². The summed E-state index contributed by atoms with van der Waals surface area (Å²) in [4.78, 5) is 12.4. The quantitative estimate of drug-likeness (QED) is 0.891. The van der Waals surface area contributed by atoms with E-state index < -0.39 is 0 Å². The van der Waals surface area contributed by atoms with Crippen molar-refractivity contribution in [2.45, 2.75) is 25.4 Å². The Hall–Kier alpha value is -1.81. The lowest BCUT2D eigenvalue weighted by molar-refractivity contribution is -0.122. The van der Waals surface area contributed by atoms with E-state index in [1.54, 1.807) is 0 Å². The number of nitrogens with one attached hydrogen (secondary N) is 2. The molecule has 2 N–H and O–H groups in total. The molecule has 0 saturated heterocycles. The molecule has 1 aliphatic rings. The number of rotatable bonds is 3. The van der Waals surface area contributed by atoms with Crippen LogP contribution in [0.3, 0.4) is 0 Å². The number of carbonyl (C=O) groups excluding carboxylic acids is 1. The van der Waals surface area contributed by atoms with Gasteiger partial charge in [-0.15, -0.1) is 0 Å². The largest absolute Gasteiger partial charge is 0.373 e. The summed E-state index contributed by atoms with van der Waals surface area (Å²) in [5.74, 6) is 0.0404. The summed E-state index contributed by atoms with van der Waals surface area (Å²) >= 11 is 3.46. The highest BCUT2D eigenvalue weighted by atomic mass is 79.9. The number of anilines is 1. The van der Waals surface area contributed by atoms with Gasteiger partial charge >= 0.3 is 0 Å². The van der Waals surface area contributed by atoms with Crippen molar-refractivity contribution >= 4 is 27.5 Å². The van der Waals surface area contributed by atoms with Gasteiger partial charge in [0.05, 0.1) is 6.04 Å². The van der Waals surface area contributed by atoms with Crippen LogP contribution in [0.1, 0.15) is 24.1 Å². The number of fused-ring (bicyclic) bond motifs is 1. The lowest BCUT2D eigenvalue weighted by Crippen LogP contribution is -2.39. The molecule has 108 valence electrons. The van der Waals surface area contributed by atoms with Crippen LogP contribution in [0.25, 0.3) is 0 Å². The van der Waals surface area contributed by atoms with Gasteiger partial charge in [0, 0.05) is 16.6 Å². The topological polar surface area (TPSA) is 41.1 Å². The third-order valence-electron chi connectivity index (χ3n) is 3.80. The maximum absolute atomic E-state index is 12.4. The zero-order chi connectivity index (χ0) is 14.8. The van der Waals surface area contributed by atoms with E-state index in [0.717, 1.165) is 22.1 Å². The molecule has 21 heavy (non-hydrogen) atoms. The minimum Gasteiger partial charge on any atom is -0.373 e. The van der Waals surface area contributed by atoms with E-state index in [2.05, 4.69) is 32.6 Å². The first kappa shape index (κ1) is 14.1. The predicted octanol–water partition coefficient (Wildman–Crippen LogP) is 3.66. The second-order valence-corrected chi connectivity index (χ2v) is 6.26. The zero-order valence-electron chi connectivity index (χ0n) is 11.8. The Bertz CT molecular complexity index is 646. The van der Waals surface area contributed by atoms with E-state index >= 15 is 0 Å². The monoisotopic (exact) mass is 344 g/mol. The van der Waals surface area contributed by atoms with Crippen molar-refractivity contribution in [3.05, 3.63) is 64.1 Å². The van der Waals surface area contributed by atoms with Crippen LogP contribution in [-0.2, 0) is 11.2 Å². The summed E-state index contributed by atoms with van der Waals surface area (Å²) in [6.07, 6.45) is 0.743. The first-order valence-electron chi connectivity index (χ1n) is 7.04. The molecular weight excluding hydrogens is 328 g/mol. The molecule has 0 bridgehead atoms. The van der Waals surface area contributed by atoms with Crippen molar-refractivity contribution in [3.63, 3.8) is 0 Å². The normalized spacial score (nSPS) is 17.7. The molecule has 2 aromatic rings. The Morgan fingerprint density at radius 2 is 2.10 bits per heavy atom. The second-order valence-electron chi connectivity index (χ2n) is 5.34. The van der Waals surface area contributed by atoms with Crippen LogP contribution in [-0.4, -0.2) is 11.9 Å². The number of para-hydroxylation sites is 1.